The molecular formula is C35H24BrClN2O5. The van der Waals surface area contributed by atoms with Gasteiger partial charge in [-0.15, -0.1) is 0 Å². The number of rotatable bonds is 8. The van der Waals surface area contributed by atoms with Crippen LogP contribution in [0.5, 0.6) is 11.5 Å². The first kappa shape index (κ1) is 29.2. The topological polar surface area (TPSA) is 84.9 Å². The van der Waals surface area contributed by atoms with Crippen molar-refractivity contribution in [3.8, 4) is 11.5 Å². The Labute approximate surface area is 266 Å². The van der Waals surface area contributed by atoms with E-state index in [-0.39, 0.29) is 5.57 Å². The molecule has 0 saturated carbocycles. The summed E-state index contributed by atoms with van der Waals surface area (Å²) >= 11 is 9.47. The number of barbiturate groups is 1. The number of hydrogen-bond donors (Lipinski definition) is 1. The van der Waals surface area contributed by atoms with Gasteiger partial charge in [0.25, 0.3) is 11.8 Å². The van der Waals surface area contributed by atoms with E-state index >= 15 is 0 Å². The van der Waals surface area contributed by atoms with Crippen LogP contribution in [0, 0.1) is 0 Å². The fourth-order valence-corrected chi connectivity index (χ4v) is 5.43. The molecular weight excluding hydrogens is 644 g/mol. The van der Waals surface area contributed by atoms with E-state index in [1.807, 2.05) is 36.4 Å². The summed E-state index contributed by atoms with van der Waals surface area (Å²) in [5, 5.41) is 5.15. The van der Waals surface area contributed by atoms with Crippen molar-refractivity contribution in [3.63, 3.8) is 0 Å². The average Bonchev–Trinajstić information content (AvgIpc) is 3.03. The third kappa shape index (κ3) is 6.37. The van der Waals surface area contributed by atoms with Crippen LogP contribution in [0.25, 0.3) is 16.8 Å². The molecule has 218 valence electrons. The van der Waals surface area contributed by atoms with Gasteiger partial charge in [0.15, 0.2) is 0 Å². The number of imide groups is 2. The van der Waals surface area contributed by atoms with Crippen LogP contribution < -0.4 is 19.7 Å². The van der Waals surface area contributed by atoms with Gasteiger partial charge < -0.3 is 9.47 Å². The maximum Gasteiger partial charge on any atom is 0.335 e. The molecule has 1 saturated heterocycles. The van der Waals surface area contributed by atoms with E-state index in [4.69, 9.17) is 21.1 Å². The van der Waals surface area contributed by atoms with Crippen LogP contribution in [0.3, 0.4) is 0 Å². The molecule has 1 N–H and O–H groups in total. The molecule has 0 aromatic heterocycles. The molecule has 0 unspecified atom stereocenters. The zero-order valence-electron chi connectivity index (χ0n) is 23.1. The van der Waals surface area contributed by atoms with Crippen molar-refractivity contribution in [2.24, 2.45) is 0 Å². The third-order valence-corrected chi connectivity index (χ3v) is 7.92. The summed E-state index contributed by atoms with van der Waals surface area (Å²) < 4.78 is 12.5. The second-order valence-electron chi connectivity index (χ2n) is 9.98. The summed E-state index contributed by atoms with van der Waals surface area (Å²) in [5.74, 6) is -0.352. The first-order valence-electron chi connectivity index (χ1n) is 13.6. The lowest BCUT2D eigenvalue weighted by Crippen LogP contribution is -2.54. The first-order chi connectivity index (χ1) is 21.4. The lowest BCUT2D eigenvalue weighted by atomic mass is 10.1. The van der Waals surface area contributed by atoms with Gasteiger partial charge in [0, 0.05) is 5.02 Å². The molecule has 0 radical (unpaired) electrons. The molecule has 5 aromatic carbocycles. The Balaban J connectivity index is 1.15. The number of benzene rings is 5. The molecule has 7 nitrogen and oxygen atoms in total. The number of urea groups is 1. The number of anilines is 1. The molecule has 5 aromatic rings. The van der Waals surface area contributed by atoms with Gasteiger partial charge in [0.2, 0.25) is 0 Å². The highest BCUT2D eigenvalue weighted by molar-refractivity contribution is 9.10. The Morgan fingerprint density at radius 1 is 0.795 bits per heavy atom. The molecule has 1 aliphatic heterocycles. The van der Waals surface area contributed by atoms with E-state index in [1.165, 1.54) is 6.08 Å². The van der Waals surface area contributed by atoms with Gasteiger partial charge in [-0.3, -0.25) is 14.9 Å². The van der Waals surface area contributed by atoms with Gasteiger partial charge >= 0.3 is 6.03 Å². The summed E-state index contributed by atoms with van der Waals surface area (Å²) in [6, 6.07) is 32.4. The summed E-state index contributed by atoms with van der Waals surface area (Å²) in [6.45, 7) is 0.687. The molecule has 9 heteroatoms. The van der Waals surface area contributed by atoms with E-state index in [2.05, 4.69) is 39.4 Å². The maximum atomic E-state index is 13.4. The molecule has 4 amide bonds. The second kappa shape index (κ2) is 12.8. The summed E-state index contributed by atoms with van der Waals surface area (Å²) in [5.41, 5.74) is 2.69. The van der Waals surface area contributed by atoms with Gasteiger partial charge in [0.1, 0.15) is 30.3 Å². The minimum atomic E-state index is -0.828. The highest BCUT2D eigenvalue weighted by Gasteiger charge is 2.36. The monoisotopic (exact) mass is 666 g/mol. The quantitative estimate of drug-likeness (QED) is 0.134. The SMILES string of the molecule is O=C1NC(=O)N(c2ccc(OCc3ccc(Cl)cc3)cc2)C(=O)/C1=C/c1ccc(OCc2cccc3ccccc23)c(Br)c1. The zero-order valence-corrected chi connectivity index (χ0v) is 25.5. The van der Waals surface area contributed by atoms with Gasteiger partial charge in [-0.25, -0.2) is 9.69 Å². The third-order valence-electron chi connectivity index (χ3n) is 7.05. The van der Waals surface area contributed by atoms with Gasteiger partial charge in [0.05, 0.1) is 10.2 Å². The van der Waals surface area contributed by atoms with Crippen molar-refractivity contribution in [2.75, 3.05) is 4.90 Å². The van der Waals surface area contributed by atoms with Crippen LogP contribution in [-0.2, 0) is 22.8 Å². The van der Waals surface area contributed by atoms with Crippen molar-refractivity contribution in [1.82, 2.24) is 5.32 Å². The van der Waals surface area contributed by atoms with Crippen molar-refractivity contribution >= 4 is 67.9 Å². The van der Waals surface area contributed by atoms with Crippen LogP contribution in [-0.4, -0.2) is 17.8 Å². The van der Waals surface area contributed by atoms with Gasteiger partial charge in [-0.2, -0.15) is 0 Å². The molecule has 1 aliphatic rings. The molecule has 0 aliphatic carbocycles. The van der Waals surface area contributed by atoms with Crippen molar-refractivity contribution < 1.29 is 23.9 Å². The lowest BCUT2D eigenvalue weighted by molar-refractivity contribution is -0.122. The number of nitrogens with one attached hydrogen (secondary N) is 1. The Morgan fingerprint density at radius 2 is 1.55 bits per heavy atom. The fraction of sp³-hybridized carbons (Fsp3) is 0.0571. The molecule has 1 heterocycles. The Morgan fingerprint density at radius 3 is 2.32 bits per heavy atom. The van der Waals surface area contributed by atoms with Crippen LogP contribution in [0.2, 0.25) is 5.02 Å². The highest BCUT2D eigenvalue weighted by Crippen LogP contribution is 2.30. The summed E-state index contributed by atoms with van der Waals surface area (Å²) in [6.07, 6.45) is 1.44. The standard InChI is InChI=1S/C35H24BrClN2O5/c36-31-19-23(10-17-32(31)44-21-25-6-3-5-24-4-1-2-7-29(24)25)18-30-33(40)38-35(42)39(34(30)41)27-13-15-28(16-14-27)43-20-22-8-11-26(37)12-9-22/h1-19H,20-21H2,(H,38,40,42)/b30-18+. The van der Waals surface area contributed by atoms with E-state index in [1.54, 1.807) is 54.6 Å². The van der Waals surface area contributed by atoms with E-state index in [0.29, 0.717) is 45.5 Å². The van der Waals surface area contributed by atoms with E-state index in [0.717, 1.165) is 26.8 Å². The minimum absolute atomic E-state index is 0.177. The Kier molecular flexibility index (Phi) is 8.45. The largest absolute Gasteiger partial charge is 0.489 e. The van der Waals surface area contributed by atoms with E-state index in [9.17, 15) is 14.4 Å². The van der Waals surface area contributed by atoms with Crippen molar-refractivity contribution in [1.29, 1.82) is 0 Å². The first-order valence-corrected chi connectivity index (χ1v) is 14.8. The highest BCUT2D eigenvalue weighted by atomic mass is 79.9. The van der Waals surface area contributed by atoms with Crippen LogP contribution in [0.1, 0.15) is 16.7 Å². The smallest absolute Gasteiger partial charge is 0.335 e. The number of amides is 4. The number of carbonyl (C=O) groups excluding carboxylic acids is 3. The number of nitrogens with zero attached hydrogens (tertiary/aromatic N) is 1. The number of halogens is 2. The average molecular weight is 668 g/mol. The van der Waals surface area contributed by atoms with Crippen molar-refractivity contribution in [3.05, 3.63) is 141 Å². The molecule has 6 rings (SSSR count). The van der Waals surface area contributed by atoms with Crippen LogP contribution >= 0.6 is 27.5 Å². The molecule has 1 fully saturated rings. The summed E-state index contributed by atoms with van der Waals surface area (Å²) in [7, 11) is 0. The molecule has 0 bridgehead atoms. The number of fused-ring (bicyclic) bond motifs is 1. The van der Waals surface area contributed by atoms with Crippen LogP contribution in [0.15, 0.2) is 119 Å². The number of hydrogen-bond acceptors (Lipinski definition) is 5. The summed E-state index contributed by atoms with van der Waals surface area (Å²) in [4.78, 5) is 39.7. The number of carbonyl (C=O) groups is 3. The Hall–Kier alpha value is -4.92. The fourth-order valence-electron chi connectivity index (χ4n) is 4.80. The maximum absolute atomic E-state index is 13.4. The number of ether oxygens (including phenoxy) is 2. The van der Waals surface area contributed by atoms with Crippen molar-refractivity contribution in [2.45, 2.75) is 13.2 Å². The predicted octanol–water partition coefficient (Wildman–Crippen LogP) is 8.08. The normalized spacial score (nSPS) is 14.2. The molecule has 0 atom stereocenters. The molecule has 44 heavy (non-hydrogen) atoms. The van der Waals surface area contributed by atoms with Crippen LogP contribution in [0.4, 0.5) is 10.5 Å². The lowest BCUT2D eigenvalue weighted by Gasteiger charge is -2.26. The zero-order chi connectivity index (χ0) is 30.6. The molecule has 0 spiro atoms. The Bertz CT molecular complexity index is 1920. The predicted molar refractivity (Wildman–Crippen MR) is 174 cm³/mol. The van der Waals surface area contributed by atoms with Gasteiger partial charge in [-0.1, -0.05) is 72.3 Å². The minimum Gasteiger partial charge on any atom is -0.489 e. The van der Waals surface area contributed by atoms with Gasteiger partial charge in [-0.05, 0) is 98.0 Å². The van der Waals surface area contributed by atoms with E-state index < -0.39 is 17.8 Å². The second-order valence-corrected chi connectivity index (χ2v) is 11.3.